The summed E-state index contributed by atoms with van der Waals surface area (Å²) >= 11 is 0. The second-order valence-corrected chi connectivity index (χ2v) is 9.02. The maximum atomic E-state index is 12.7. The monoisotopic (exact) mass is 459 g/mol. The summed E-state index contributed by atoms with van der Waals surface area (Å²) in [5, 5.41) is 10.3. The van der Waals surface area contributed by atoms with E-state index in [9.17, 15) is 18.4 Å². The van der Waals surface area contributed by atoms with E-state index in [4.69, 9.17) is 14.5 Å². The van der Waals surface area contributed by atoms with E-state index in [0.29, 0.717) is 17.7 Å². The summed E-state index contributed by atoms with van der Waals surface area (Å²) in [5.74, 6) is -0.109. The van der Waals surface area contributed by atoms with Crippen LogP contribution in [-0.4, -0.2) is 36.5 Å². The van der Waals surface area contributed by atoms with E-state index in [1.165, 1.54) is 12.3 Å². The molecule has 0 aliphatic heterocycles. The summed E-state index contributed by atoms with van der Waals surface area (Å²) in [6, 6.07) is 5.66. The molecule has 8 heteroatoms. The van der Waals surface area contributed by atoms with Crippen molar-refractivity contribution in [2.45, 2.75) is 69.4 Å². The first-order valence-corrected chi connectivity index (χ1v) is 11.5. The zero-order chi connectivity index (χ0) is 23.5. The Bertz CT molecular complexity index is 1040. The van der Waals surface area contributed by atoms with Gasteiger partial charge in [-0.2, -0.15) is 18.4 Å². The maximum absolute atomic E-state index is 12.7. The number of aromatic nitrogens is 2. The molecule has 176 valence electrons. The highest BCUT2D eigenvalue weighted by atomic mass is 19.4. The van der Waals surface area contributed by atoms with Crippen LogP contribution in [0, 0.1) is 11.3 Å². The molecule has 0 atom stereocenters. The zero-order valence-electron chi connectivity index (χ0n) is 18.8. The summed E-state index contributed by atoms with van der Waals surface area (Å²) in [6.07, 6.45) is 5.57. The number of hydrogen-bond acceptors (Lipinski definition) is 5. The largest absolute Gasteiger partial charge is 0.468 e. The van der Waals surface area contributed by atoms with Crippen molar-refractivity contribution in [3.63, 3.8) is 0 Å². The van der Waals surface area contributed by atoms with Crippen LogP contribution in [0.4, 0.5) is 13.2 Å². The lowest BCUT2D eigenvalue weighted by molar-refractivity contribution is -0.154. The molecule has 0 aromatic carbocycles. The number of fused-ring (bicyclic) bond motifs is 1. The van der Waals surface area contributed by atoms with Gasteiger partial charge in [-0.05, 0) is 55.7 Å². The summed E-state index contributed by atoms with van der Waals surface area (Å²) in [4.78, 5) is 9.05. The first-order valence-electron chi connectivity index (χ1n) is 11.5. The molecule has 2 aliphatic carbocycles. The Kier molecular flexibility index (Phi) is 6.89. The standard InChI is InChI=1S/C25H28F3N3O2/c1-32-15-24(10-5-6-11-24)23-19(14-29)22(18-7-3-2-4-8-20(18)31-23)17-9-12-30-21(13-17)33-16-25(26,27)28/h9,12-13H,2-8,10-11,15-16H2,1H3. The van der Waals surface area contributed by atoms with E-state index in [0.717, 1.165) is 80.3 Å². The smallest absolute Gasteiger partial charge is 0.422 e. The normalized spacial score (nSPS) is 17.8. The number of pyridine rings is 2. The Hall–Kier alpha value is -2.66. The van der Waals surface area contributed by atoms with E-state index < -0.39 is 12.8 Å². The number of hydrogen-bond donors (Lipinski definition) is 0. The minimum absolute atomic E-state index is 0.109. The van der Waals surface area contributed by atoms with Crippen LogP contribution in [0.5, 0.6) is 5.88 Å². The molecular weight excluding hydrogens is 431 g/mol. The minimum Gasteiger partial charge on any atom is -0.468 e. The number of alkyl halides is 3. The van der Waals surface area contributed by atoms with Gasteiger partial charge in [-0.15, -0.1) is 0 Å². The molecule has 1 fully saturated rings. The van der Waals surface area contributed by atoms with Crippen LogP contribution >= 0.6 is 0 Å². The van der Waals surface area contributed by atoms with Crippen molar-refractivity contribution in [1.82, 2.24) is 9.97 Å². The van der Waals surface area contributed by atoms with Gasteiger partial charge in [0.05, 0.1) is 17.9 Å². The van der Waals surface area contributed by atoms with Gasteiger partial charge >= 0.3 is 6.18 Å². The molecule has 1 saturated carbocycles. The number of rotatable bonds is 6. The van der Waals surface area contributed by atoms with E-state index in [2.05, 4.69) is 11.1 Å². The zero-order valence-corrected chi connectivity index (χ0v) is 18.8. The molecule has 2 aromatic rings. The lowest BCUT2D eigenvalue weighted by Gasteiger charge is -2.31. The van der Waals surface area contributed by atoms with Crippen LogP contribution in [-0.2, 0) is 23.0 Å². The highest BCUT2D eigenvalue weighted by Gasteiger charge is 2.41. The summed E-state index contributed by atoms with van der Waals surface area (Å²) in [5.41, 5.74) is 4.38. The Morgan fingerprint density at radius 2 is 1.88 bits per heavy atom. The number of halogens is 3. The first kappa shape index (κ1) is 23.5. The van der Waals surface area contributed by atoms with Crippen LogP contribution in [0.1, 0.15) is 67.5 Å². The fourth-order valence-electron chi connectivity index (χ4n) is 5.31. The van der Waals surface area contributed by atoms with E-state index in [1.807, 2.05) is 0 Å². The maximum Gasteiger partial charge on any atom is 0.422 e. The Morgan fingerprint density at radius 3 is 2.58 bits per heavy atom. The molecule has 5 nitrogen and oxygen atoms in total. The number of aryl methyl sites for hydroxylation is 1. The van der Waals surface area contributed by atoms with Crippen LogP contribution in [0.25, 0.3) is 11.1 Å². The Labute approximate surface area is 192 Å². The summed E-state index contributed by atoms with van der Waals surface area (Å²) in [7, 11) is 1.67. The topological polar surface area (TPSA) is 68.0 Å². The quantitative estimate of drug-likeness (QED) is 0.520. The fraction of sp³-hybridized carbons (Fsp3) is 0.560. The Morgan fingerprint density at radius 1 is 1.12 bits per heavy atom. The van der Waals surface area contributed by atoms with Crippen LogP contribution in [0.2, 0.25) is 0 Å². The van der Waals surface area contributed by atoms with Gasteiger partial charge < -0.3 is 9.47 Å². The van der Waals surface area contributed by atoms with E-state index >= 15 is 0 Å². The lowest BCUT2D eigenvalue weighted by atomic mass is 9.78. The number of nitrogens with zero attached hydrogens (tertiary/aromatic N) is 3. The van der Waals surface area contributed by atoms with Gasteiger partial charge in [0.1, 0.15) is 6.07 Å². The minimum atomic E-state index is -4.45. The molecule has 0 spiro atoms. The molecule has 0 unspecified atom stereocenters. The van der Waals surface area contributed by atoms with Gasteiger partial charge in [-0.1, -0.05) is 19.3 Å². The molecule has 33 heavy (non-hydrogen) atoms. The lowest BCUT2D eigenvalue weighted by Crippen LogP contribution is -2.31. The van der Waals surface area contributed by atoms with Crippen molar-refractivity contribution < 1.29 is 22.6 Å². The average Bonchev–Trinajstić information content (AvgIpc) is 3.14. The van der Waals surface area contributed by atoms with Gasteiger partial charge in [0.2, 0.25) is 5.88 Å². The number of nitriles is 1. The van der Waals surface area contributed by atoms with Crippen LogP contribution in [0.3, 0.4) is 0 Å². The van der Waals surface area contributed by atoms with Crippen molar-refractivity contribution in [3.8, 4) is 23.1 Å². The van der Waals surface area contributed by atoms with E-state index in [1.54, 1.807) is 13.2 Å². The molecule has 0 saturated heterocycles. The second kappa shape index (κ2) is 9.68. The number of methoxy groups -OCH3 is 1. The SMILES string of the molecule is COCC1(c2nc3c(c(-c4ccnc(OCC(F)(F)F)c4)c2C#N)CCCCC3)CCCC1. The molecule has 0 radical (unpaired) electrons. The number of ether oxygens (including phenoxy) is 2. The summed E-state index contributed by atoms with van der Waals surface area (Å²) < 4.78 is 48.5. The predicted octanol–water partition coefficient (Wildman–Crippen LogP) is 5.68. The third-order valence-corrected chi connectivity index (χ3v) is 6.73. The molecule has 0 bridgehead atoms. The average molecular weight is 460 g/mol. The van der Waals surface area contributed by atoms with Crippen molar-refractivity contribution in [1.29, 1.82) is 5.26 Å². The van der Waals surface area contributed by atoms with Gasteiger partial charge in [0, 0.05) is 36.0 Å². The van der Waals surface area contributed by atoms with Crippen LogP contribution < -0.4 is 4.74 Å². The van der Waals surface area contributed by atoms with E-state index in [-0.39, 0.29) is 11.3 Å². The molecule has 0 N–H and O–H groups in total. The molecule has 0 amide bonds. The van der Waals surface area contributed by atoms with Gasteiger partial charge in [0.25, 0.3) is 0 Å². The first-order chi connectivity index (χ1) is 15.9. The van der Waals surface area contributed by atoms with Crippen molar-refractivity contribution in [3.05, 3.63) is 40.8 Å². The molecule has 2 heterocycles. The van der Waals surface area contributed by atoms with Gasteiger partial charge in [0.15, 0.2) is 6.61 Å². The van der Waals surface area contributed by atoms with Crippen molar-refractivity contribution in [2.24, 2.45) is 0 Å². The molecular formula is C25H28F3N3O2. The van der Waals surface area contributed by atoms with Crippen molar-refractivity contribution >= 4 is 0 Å². The summed E-state index contributed by atoms with van der Waals surface area (Å²) in [6.45, 7) is -0.922. The molecule has 2 aromatic heterocycles. The fourth-order valence-corrected chi connectivity index (χ4v) is 5.31. The molecule has 4 rings (SSSR count). The highest BCUT2D eigenvalue weighted by molar-refractivity contribution is 5.77. The van der Waals surface area contributed by atoms with Gasteiger partial charge in [-0.25, -0.2) is 4.98 Å². The van der Waals surface area contributed by atoms with Gasteiger partial charge in [-0.3, -0.25) is 4.98 Å². The third kappa shape index (κ3) is 4.98. The van der Waals surface area contributed by atoms with Crippen molar-refractivity contribution in [2.75, 3.05) is 20.3 Å². The highest BCUT2D eigenvalue weighted by Crippen LogP contribution is 2.45. The molecule has 2 aliphatic rings. The second-order valence-electron chi connectivity index (χ2n) is 9.02. The predicted molar refractivity (Wildman–Crippen MR) is 117 cm³/mol. The third-order valence-electron chi connectivity index (χ3n) is 6.73. The van der Waals surface area contributed by atoms with Crippen LogP contribution in [0.15, 0.2) is 18.3 Å². The Balaban J connectivity index is 1.90.